The lowest BCUT2D eigenvalue weighted by Crippen LogP contribution is -2.37. The molecule has 0 spiro atoms. The van der Waals surface area contributed by atoms with Crippen LogP contribution in [0.15, 0.2) is 40.9 Å². The van der Waals surface area contributed by atoms with Gasteiger partial charge in [-0.15, -0.1) is 11.3 Å². The lowest BCUT2D eigenvalue weighted by molar-refractivity contribution is -0.132. The summed E-state index contributed by atoms with van der Waals surface area (Å²) < 4.78 is 0. The van der Waals surface area contributed by atoms with Gasteiger partial charge in [-0.25, -0.2) is 19.9 Å². The highest BCUT2D eigenvalue weighted by Gasteiger charge is 2.24. The van der Waals surface area contributed by atoms with E-state index in [-0.39, 0.29) is 11.5 Å². The number of H-pyrrole nitrogens is 1. The van der Waals surface area contributed by atoms with Crippen LogP contribution in [0.2, 0.25) is 0 Å². The lowest BCUT2D eigenvalue weighted by atomic mass is 9.89. The van der Waals surface area contributed by atoms with Crippen LogP contribution in [-0.4, -0.2) is 48.8 Å². The van der Waals surface area contributed by atoms with Gasteiger partial charge >= 0.3 is 0 Å². The molecule has 1 fully saturated rings. The van der Waals surface area contributed by atoms with Crippen molar-refractivity contribution in [1.29, 1.82) is 0 Å². The number of amides is 1. The average Bonchev–Trinajstić information content (AvgIpc) is 3.26. The van der Waals surface area contributed by atoms with E-state index in [9.17, 15) is 9.59 Å². The zero-order chi connectivity index (χ0) is 24.4. The zero-order valence-electron chi connectivity index (χ0n) is 19.5. The first kappa shape index (κ1) is 23.1. The SMILES string of the molecule is Cc1scc2c(=O)[nH]c(CCCC(=O)N3CCC(c4cnc(N)c(-c5ncccn5)c4)CC3)nc12. The third-order valence-electron chi connectivity index (χ3n) is 6.56. The standard InChI is InChI=1S/C25H27N7O2S/c1-15-22-19(14-35-15)25(34)31-20(30-22)4-2-5-21(33)32-10-6-16(7-11-32)17-12-18(23(26)29-13-17)24-27-8-3-9-28-24/h3,8-9,12-14,16H,2,4-7,10-11H2,1H3,(H2,26,29)(H,30,31,34). The van der Waals surface area contributed by atoms with Crippen LogP contribution in [0.1, 0.15) is 47.9 Å². The van der Waals surface area contributed by atoms with Gasteiger partial charge < -0.3 is 15.6 Å². The largest absolute Gasteiger partial charge is 0.383 e. The van der Waals surface area contributed by atoms with Gasteiger partial charge in [0.2, 0.25) is 5.91 Å². The zero-order valence-corrected chi connectivity index (χ0v) is 20.3. The number of pyridine rings is 1. The highest BCUT2D eigenvalue weighted by Crippen LogP contribution is 2.31. The molecule has 9 nitrogen and oxygen atoms in total. The number of likely N-dealkylation sites (tertiary alicyclic amines) is 1. The Kier molecular flexibility index (Phi) is 6.54. The molecule has 0 aromatic carbocycles. The molecule has 180 valence electrons. The monoisotopic (exact) mass is 489 g/mol. The first-order valence-electron chi connectivity index (χ1n) is 11.8. The molecule has 3 N–H and O–H groups in total. The molecule has 0 saturated carbocycles. The number of nitrogens with zero attached hydrogens (tertiary/aromatic N) is 5. The minimum absolute atomic E-state index is 0.109. The van der Waals surface area contributed by atoms with Crippen molar-refractivity contribution in [2.45, 2.75) is 44.9 Å². The molecule has 0 aliphatic carbocycles. The number of hydrogen-bond acceptors (Lipinski definition) is 8. The number of carbonyl (C=O) groups is 1. The Morgan fingerprint density at radius 2 is 2.00 bits per heavy atom. The number of carbonyl (C=O) groups excluding carboxylic acids is 1. The Labute approximate surface area is 206 Å². The first-order valence-corrected chi connectivity index (χ1v) is 12.6. The molecule has 5 heterocycles. The number of nitrogen functional groups attached to an aromatic ring is 1. The van der Waals surface area contributed by atoms with Gasteiger partial charge in [-0.3, -0.25) is 9.59 Å². The number of aryl methyl sites for hydroxylation is 2. The Bertz CT molecular complexity index is 1410. The molecule has 0 atom stereocenters. The van der Waals surface area contributed by atoms with Crippen molar-refractivity contribution in [3.05, 3.63) is 62.7 Å². The number of hydrogen-bond donors (Lipinski definition) is 2. The topological polar surface area (TPSA) is 131 Å². The molecule has 4 aromatic rings. The number of aromatic amines is 1. The molecule has 0 bridgehead atoms. The minimum Gasteiger partial charge on any atom is -0.383 e. The number of thiophene rings is 1. The van der Waals surface area contributed by atoms with Crippen LogP contribution in [0.5, 0.6) is 0 Å². The molecule has 1 aliphatic heterocycles. The van der Waals surface area contributed by atoms with E-state index in [4.69, 9.17) is 5.73 Å². The summed E-state index contributed by atoms with van der Waals surface area (Å²) >= 11 is 1.53. The Morgan fingerprint density at radius 1 is 1.23 bits per heavy atom. The average molecular weight is 490 g/mol. The van der Waals surface area contributed by atoms with Gasteiger partial charge in [-0.05, 0) is 49.8 Å². The summed E-state index contributed by atoms with van der Waals surface area (Å²) in [6, 6.07) is 3.79. The maximum absolute atomic E-state index is 12.8. The van der Waals surface area contributed by atoms with Gasteiger partial charge in [0.15, 0.2) is 5.82 Å². The van der Waals surface area contributed by atoms with E-state index in [1.54, 1.807) is 18.5 Å². The van der Waals surface area contributed by atoms with Gasteiger partial charge in [0.1, 0.15) is 11.6 Å². The van der Waals surface area contributed by atoms with Crippen molar-refractivity contribution < 1.29 is 4.79 Å². The van der Waals surface area contributed by atoms with Gasteiger partial charge in [-0.1, -0.05) is 0 Å². The van der Waals surface area contributed by atoms with E-state index in [1.165, 1.54) is 11.3 Å². The summed E-state index contributed by atoms with van der Waals surface area (Å²) in [6.45, 7) is 3.38. The van der Waals surface area contributed by atoms with Crippen molar-refractivity contribution in [2.75, 3.05) is 18.8 Å². The predicted molar refractivity (Wildman–Crippen MR) is 136 cm³/mol. The fraction of sp³-hybridized carbons (Fsp3) is 0.360. The maximum atomic E-state index is 12.8. The van der Waals surface area contributed by atoms with Crippen LogP contribution in [0, 0.1) is 6.92 Å². The van der Waals surface area contributed by atoms with Gasteiger partial charge in [-0.2, -0.15) is 0 Å². The second kappa shape index (κ2) is 9.91. The Hall–Kier alpha value is -3.66. The highest BCUT2D eigenvalue weighted by atomic mass is 32.1. The number of rotatable bonds is 6. The second-order valence-corrected chi connectivity index (χ2v) is 9.93. The highest BCUT2D eigenvalue weighted by molar-refractivity contribution is 7.11. The van der Waals surface area contributed by atoms with Crippen LogP contribution in [-0.2, 0) is 11.2 Å². The summed E-state index contributed by atoms with van der Waals surface area (Å²) in [5.74, 6) is 2.08. The summed E-state index contributed by atoms with van der Waals surface area (Å²) in [4.78, 5) is 48.4. The molecule has 1 saturated heterocycles. The summed E-state index contributed by atoms with van der Waals surface area (Å²) in [5, 5.41) is 2.47. The van der Waals surface area contributed by atoms with Gasteiger partial charge in [0, 0.05) is 54.8 Å². The number of anilines is 1. The summed E-state index contributed by atoms with van der Waals surface area (Å²) in [5.41, 5.74) is 8.57. The number of nitrogens with one attached hydrogen (secondary N) is 1. The van der Waals surface area contributed by atoms with Crippen molar-refractivity contribution in [3.63, 3.8) is 0 Å². The Morgan fingerprint density at radius 3 is 2.77 bits per heavy atom. The predicted octanol–water partition coefficient (Wildman–Crippen LogP) is 3.46. The molecule has 0 unspecified atom stereocenters. The molecule has 35 heavy (non-hydrogen) atoms. The fourth-order valence-electron chi connectivity index (χ4n) is 4.59. The normalized spacial score (nSPS) is 14.5. The molecular weight excluding hydrogens is 462 g/mol. The third kappa shape index (κ3) is 4.93. The molecule has 1 amide bonds. The maximum Gasteiger partial charge on any atom is 0.259 e. The van der Waals surface area contributed by atoms with E-state index < -0.39 is 0 Å². The van der Waals surface area contributed by atoms with E-state index in [0.29, 0.717) is 61.1 Å². The molecule has 10 heteroatoms. The number of piperidine rings is 1. The fourth-order valence-corrected chi connectivity index (χ4v) is 5.37. The van der Waals surface area contributed by atoms with E-state index >= 15 is 0 Å². The van der Waals surface area contributed by atoms with Gasteiger partial charge in [0.25, 0.3) is 5.56 Å². The Balaban J connectivity index is 1.16. The quantitative estimate of drug-likeness (QED) is 0.424. The van der Waals surface area contributed by atoms with Crippen molar-refractivity contribution in [3.8, 4) is 11.4 Å². The number of nitrogens with two attached hydrogens (primary N) is 1. The number of fused-ring (bicyclic) bond motifs is 1. The van der Waals surface area contributed by atoms with Crippen molar-refractivity contribution in [1.82, 2.24) is 29.8 Å². The molecule has 0 radical (unpaired) electrons. The van der Waals surface area contributed by atoms with Crippen LogP contribution < -0.4 is 11.3 Å². The summed E-state index contributed by atoms with van der Waals surface area (Å²) in [7, 11) is 0. The van der Waals surface area contributed by atoms with Crippen LogP contribution >= 0.6 is 11.3 Å². The number of aromatic nitrogens is 5. The van der Waals surface area contributed by atoms with Gasteiger partial charge in [0.05, 0.1) is 16.5 Å². The molecule has 4 aromatic heterocycles. The molecule has 1 aliphatic rings. The van der Waals surface area contributed by atoms with Crippen molar-refractivity contribution in [2.24, 2.45) is 0 Å². The third-order valence-corrected chi connectivity index (χ3v) is 7.46. The van der Waals surface area contributed by atoms with E-state index in [0.717, 1.165) is 34.4 Å². The molecule has 5 rings (SSSR count). The van der Waals surface area contributed by atoms with Crippen molar-refractivity contribution >= 4 is 34.0 Å². The molecular formula is C25H27N7O2S. The first-order chi connectivity index (χ1) is 17.0. The van der Waals surface area contributed by atoms with Crippen LogP contribution in [0.3, 0.4) is 0 Å². The van der Waals surface area contributed by atoms with Crippen LogP contribution in [0.25, 0.3) is 22.3 Å². The summed E-state index contributed by atoms with van der Waals surface area (Å²) in [6.07, 6.45) is 8.60. The van der Waals surface area contributed by atoms with E-state index in [1.807, 2.05) is 29.5 Å². The second-order valence-electron chi connectivity index (χ2n) is 8.85. The smallest absolute Gasteiger partial charge is 0.259 e. The lowest BCUT2D eigenvalue weighted by Gasteiger charge is -2.32. The van der Waals surface area contributed by atoms with Crippen LogP contribution in [0.4, 0.5) is 5.82 Å². The minimum atomic E-state index is -0.109. The van der Waals surface area contributed by atoms with E-state index in [2.05, 4.69) is 24.9 Å².